The fraction of sp³-hybridized carbons (Fsp3) is 0.250. The summed E-state index contributed by atoms with van der Waals surface area (Å²) in [6.07, 6.45) is -4.60. The van der Waals surface area contributed by atoms with Crippen LogP contribution in [0.25, 0.3) is 5.13 Å². The lowest BCUT2D eigenvalue weighted by Crippen LogP contribution is -2.24. The third-order valence-electron chi connectivity index (χ3n) is 2.99. The van der Waals surface area contributed by atoms with Crippen LogP contribution < -0.4 is 11.0 Å². The van der Waals surface area contributed by atoms with Gasteiger partial charge in [-0.2, -0.15) is 23.4 Å². The number of hydrogen-bond acceptors (Lipinski definition) is 6. The molecule has 0 aliphatic carbocycles. The van der Waals surface area contributed by atoms with Gasteiger partial charge in [-0.25, -0.2) is 19.6 Å². The highest BCUT2D eigenvalue weighted by atomic mass is 32.1. The van der Waals surface area contributed by atoms with Crippen molar-refractivity contribution in [2.45, 2.75) is 19.6 Å². The van der Waals surface area contributed by atoms with Crippen molar-refractivity contribution in [3.05, 3.63) is 44.8 Å². The molecule has 0 spiro atoms. The molecule has 1 amide bonds. The number of hydrogen-bond donors (Lipinski definition) is 3. The second-order valence-corrected chi connectivity index (χ2v) is 5.74. The lowest BCUT2D eigenvalue weighted by atomic mass is 10.3. The molecule has 9 nitrogen and oxygen atoms in total. The van der Waals surface area contributed by atoms with Gasteiger partial charge in [0, 0.05) is 5.38 Å². The molecule has 13 heteroatoms. The zero-order valence-electron chi connectivity index (χ0n) is 12.5. The Morgan fingerprint density at radius 1 is 1.44 bits per heavy atom. The van der Waals surface area contributed by atoms with Crippen LogP contribution in [-0.2, 0) is 12.7 Å². The molecule has 0 unspecified atom stereocenters. The van der Waals surface area contributed by atoms with Crippen LogP contribution in [0.5, 0.6) is 0 Å². The predicted octanol–water partition coefficient (Wildman–Crippen LogP) is 0.997. The van der Waals surface area contributed by atoms with Gasteiger partial charge in [0.2, 0.25) is 5.13 Å². The minimum Gasteiger partial charge on any atom is -0.343 e. The van der Waals surface area contributed by atoms with E-state index in [-0.39, 0.29) is 28.9 Å². The van der Waals surface area contributed by atoms with Crippen molar-refractivity contribution in [1.29, 1.82) is 0 Å². The molecule has 3 heterocycles. The molecule has 0 saturated carbocycles. The monoisotopic (exact) mass is 373 g/mol. The molecule has 0 fully saturated rings. The number of carbonyl (C=O) groups is 1. The number of aromatic nitrogens is 6. The molecule has 3 N–H and O–H groups in total. The van der Waals surface area contributed by atoms with Crippen LogP contribution >= 0.6 is 11.3 Å². The van der Waals surface area contributed by atoms with E-state index < -0.39 is 23.5 Å². The van der Waals surface area contributed by atoms with Crippen LogP contribution in [0.4, 0.5) is 13.2 Å². The molecule has 0 aliphatic heterocycles. The van der Waals surface area contributed by atoms with Gasteiger partial charge in [-0.3, -0.25) is 9.78 Å². The summed E-state index contributed by atoms with van der Waals surface area (Å²) in [5.74, 6) is -0.417. The molecule has 0 radical (unpaired) electrons. The van der Waals surface area contributed by atoms with Crippen molar-refractivity contribution in [2.24, 2.45) is 0 Å². The highest BCUT2D eigenvalue weighted by molar-refractivity contribution is 7.12. The summed E-state index contributed by atoms with van der Waals surface area (Å²) >= 11 is 0.849. The zero-order chi connectivity index (χ0) is 18.2. The van der Waals surface area contributed by atoms with E-state index >= 15 is 0 Å². The van der Waals surface area contributed by atoms with E-state index in [0.29, 0.717) is 4.68 Å². The summed E-state index contributed by atoms with van der Waals surface area (Å²) in [6.45, 7) is 1.36. The standard InChI is InChI=1S/C12H10F3N7O2S/c1-5-2-7(12(13,14)15)22(21-5)11-17-6(4-25-11)9(23)16-3-8-18-10(24)20-19-8/h2,4H,3H2,1H3,(H,16,23)(H2,18,19,20,24). The van der Waals surface area contributed by atoms with Crippen molar-refractivity contribution >= 4 is 17.2 Å². The van der Waals surface area contributed by atoms with E-state index in [1.54, 1.807) is 0 Å². The summed E-state index contributed by atoms with van der Waals surface area (Å²) in [5, 5.41) is 13.2. The van der Waals surface area contributed by atoms with Gasteiger partial charge in [-0.15, -0.1) is 11.3 Å². The summed E-state index contributed by atoms with van der Waals surface area (Å²) in [7, 11) is 0. The first-order valence-corrected chi connectivity index (χ1v) is 7.63. The number of thiazole rings is 1. The maximum Gasteiger partial charge on any atom is 0.433 e. The number of halogens is 3. The Morgan fingerprint density at radius 3 is 2.84 bits per heavy atom. The van der Waals surface area contributed by atoms with E-state index in [1.165, 1.54) is 12.3 Å². The Kier molecular flexibility index (Phi) is 4.16. The van der Waals surface area contributed by atoms with Gasteiger partial charge in [0.05, 0.1) is 12.2 Å². The lowest BCUT2D eigenvalue weighted by Gasteiger charge is -2.07. The third-order valence-corrected chi connectivity index (χ3v) is 3.81. The van der Waals surface area contributed by atoms with Crippen molar-refractivity contribution in [1.82, 2.24) is 35.3 Å². The highest BCUT2D eigenvalue weighted by Crippen LogP contribution is 2.32. The number of nitrogens with zero attached hydrogens (tertiary/aromatic N) is 4. The smallest absolute Gasteiger partial charge is 0.343 e. The topological polar surface area (TPSA) is 121 Å². The molecule has 3 aromatic rings. The van der Waals surface area contributed by atoms with E-state index in [1.807, 2.05) is 0 Å². The fourth-order valence-corrected chi connectivity index (χ4v) is 2.72. The van der Waals surface area contributed by atoms with Gasteiger partial charge >= 0.3 is 11.9 Å². The number of alkyl halides is 3. The van der Waals surface area contributed by atoms with E-state index in [2.05, 4.69) is 30.6 Å². The van der Waals surface area contributed by atoms with Crippen molar-refractivity contribution in [2.75, 3.05) is 0 Å². The van der Waals surface area contributed by atoms with Crippen LogP contribution in [0, 0.1) is 6.92 Å². The molecule has 0 aliphatic rings. The first-order valence-electron chi connectivity index (χ1n) is 6.75. The molecule has 0 atom stereocenters. The van der Waals surface area contributed by atoms with Crippen LogP contribution in [0.3, 0.4) is 0 Å². The van der Waals surface area contributed by atoms with Gasteiger partial charge in [-0.1, -0.05) is 0 Å². The molecular weight excluding hydrogens is 363 g/mol. The first-order chi connectivity index (χ1) is 11.7. The molecule has 25 heavy (non-hydrogen) atoms. The second-order valence-electron chi connectivity index (χ2n) is 4.90. The van der Waals surface area contributed by atoms with Crippen LogP contribution in [-0.4, -0.2) is 35.9 Å². The van der Waals surface area contributed by atoms with Gasteiger partial charge in [-0.05, 0) is 13.0 Å². The van der Waals surface area contributed by atoms with E-state index in [9.17, 15) is 22.8 Å². The number of aromatic amines is 2. The van der Waals surface area contributed by atoms with Crippen LogP contribution in [0.15, 0.2) is 16.2 Å². The van der Waals surface area contributed by atoms with Gasteiger partial charge in [0.1, 0.15) is 11.5 Å². The molecule has 132 valence electrons. The predicted molar refractivity (Wildman–Crippen MR) is 79.4 cm³/mol. The van der Waals surface area contributed by atoms with Crippen molar-refractivity contribution in [3.8, 4) is 5.13 Å². The Balaban J connectivity index is 1.78. The Bertz CT molecular complexity index is 968. The van der Waals surface area contributed by atoms with Crippen LogP contribution in [0.1, 0.15) is 27.7 Å². The van der Waals surface area contributed by atoms with Gasteiger partial charge in [0.15, 0.2) is 5.69 Å². The highest BCUT2D eigenvalue weighted by Gasteiger charge is 2.36. The molecule has 3 rings (SSSR count). The minimum absolute atomic E-state index is 0.0702. The number of nitrogens with one attached hydrogen (secondary N) is 3. The lowest BCUT2D eigenvalue weighted by molar-refractivity contribution is -0.142. The molecule has 3 aromatic heterocycles. The second kappa shape index (κ2) is 6.16. The zero-order valence-corrected chi connectivity index (χ0v) is 13.3. The normalized spacial score (nSPS) is 11.7. The Morgan fingerprint density at radius 2 is 2.20 bits per heavy atom. The summed E-state index contributed by atoms with van der Waals surface area (Å²) < 4.78 is 39.7. The SMILES string of the molecule is Cc1cc(C(F)(F)F)n(-c2nc(C(=O)NCc3n[nH]c(=O)[nH]3)cs2)n1. The number of H-pyrrole nitrogens is 2. The first kappa shape index (κ1) is 16.9. The summed E-state index contributed by atoms with van der Waals surface area (Å²) in [6, 6.07) is 0.898. The van der Waals surface area contributed by atoms with Crippen molar-refractivity contribution < 1.29 is 18.0 Å². The minimum atomic E-state index is -4.60. The maximum atomic E-state index is 13.0. The summed E-state index contributed by atoms with van der Waals surface area (Å²) in [4.78, 5) is 29.1. The van der Waals surface area contributed by atoms with Gasteiger partial charge < -0.3 is 5.32 Å². The van der Waals surface area contributed by atoms with Gasteiger partial charge in [0.25, 0.3) is 5.91 Å². The number of carbonyl (C=O) groups excluding carboxylic acids is 1. The quantitative estimate of drug-likeness (QED) is 0.630. The average molecular weight is 373 g/mol. The molecule has 0 saturated heterocycles. The van der Waals surface area contributed by atoms with Crippen LogP contribution in [0.2, 0.25) is 0 Å². The fourth-order valence-electron chi connectivity index (χ4n) is 1.96. The number of amides is 1. The largest absolute Gasteiger partial charge is 0.433 e. The Labute approximate surface area is 140 Å². The maximum absolute atomic E-state index is 13.0. The number of aryl methyl sites for hydroxylation is 1. The van der Waals surface area contributed by atoms with E-state index in [0.717, 1.165) is 17.4 Å². The third kappa shape index (κ3) is 3.60. The molecule has 0 bridgehead atoms. The van der Waals surface area contributed by atoms with E-state index in [4.69, 9.17) is 0 Å². The summed E-state index contributed by atoms with van der Waals surface area (Å²) in [5.41, 5.74) is -1.38. The van der Waals surface area contributed by atoms with Crippen molar-refractivity contribution in [3.63, 3.8) is 0 Å². The molecular formula is C12H10F3N7O2S. The molecule has 0 aromatic carbocycles. The average Bonchev–Trinajstić information content (AvgIpc) is 3.23. The number of rotatable bonds is 4. The Hall–Kier alpha value is -2.96.